The SMILES string of the molecule is COC[C@H]1CCCN1CCNc1cc(=O)n(CC2(O)CCN(C(=O)C[C@@H](C)c3ccccc3)CC2)cn1. The number of carbonyl (C=O) groups is 1. The minimum absolute atomic E-state index is 0.107. The van der Waals surface area contributed by atoms with E-state index in [9.17, 15) is 14.7 Å². The molecule has 9 heteroatoms. The average molecular weight is 512 g/mol. The molecule has 1 amide bonds. The van der Waals surface area contributed by atoms with E-state index in [1.165, 1.54) is 23.4 Å². The van der Waals surface area contributed by atoms with Gasteiger partial charge in [-0.2, -0.15) is 0 Å². The van der Waals surface area contributed by atoms with Crippen molar-refractivity contribution in [3.05, 3.63) is 58.6 Å². The van der Waals surface area contributed by atoms with E-state index in [4.69, 9.17) is 4.74 Å². The first-order valence-corrected chi connectivity index (χ1v) is 13.5. The molecule has 0 spiro atoms. The van der Waals surface area contributed by atoms with Crippen LogP contribution in [0.25, 0.3) is 0 Å². The molecule has 1 aromatic carbocycles. The molecule has 0 aliphatic carbocycles. The van der Waals surface area contributed by atoms with Crippen LogP contribution < -0.4 is 10.9 Å². The van der Waals surface area contributed by atoms with Crippen LogP contribution in [0, 0.1) is 0 Å². The highest BCUT2D eigenvalue weighted by Gasteiger charge is 2.35. The molecule has 2 saturated heterocycles. The topological polar surface area (TPSA) is 99.9 Å². The number of piperidine rings is 1. The third-order valence-electron chi connectivity index (χ3n) is 7.80. The second-order valence-electron chi connectivity index (χ2n) is 10.6. The molecule has 1 aromatic heterocycles. The summed E-state index contributed by atoms with van der Waals surface area (Å²) in [6.45, 7) is 6.60. The summed E-state index contributed by atoms with van der Waals surface area (Å²) in [6.07, 6.45) is 5.16. The number of carbonyl (C=O) groups excluding carboxylic acids is 1. The molecule has 202 valence electrons. The van der Waals surface area contributed by atoms with Gasteiger partial charge in [-0.15, -0.1) is 0 Å². The van der Waals surface area contributed by atoms with Crippen LogP contribution in [0.1, 0.15) is 50.5 Å². The highest BCUT2D eigenvalue weighted by Crippen LogP contribution is 2.26. The van der Waals surface area contributed by atoms with Gasteiger partial charge in [0, 0.05) is 51.8 Å². The normalized spacial score (nSPS) is 20.6. The number of nitrogens with zero attached hydrogens (tertiary/aromatic N) is 4. The quantitative estimate of drug-likeness (QED) is 0.478. The predicted molar refractivity (Wildman–Crippen MR) is 144 cm³/mol. The first-order valence-electron chi connectivity index (χ1n) is 13.5. The maximum Gasteiger partial charge on any atom is 0.255 e. The molecule has 0 radical (unpaired) electrons. The molecule has 2 aromatic rings. The zero-order valence-electron chi connectivity index (χ0n) is 22.1. The molecule has 37 heavy (non-hydrogen) atoms. The van der Waals surface area contributed by atoms with Crippen molar-refractivity contribution in [2.75, 3.05) is 51.8 Å². The fourth-order valence-electron chi connectivity index (χ4n) is 5.48. The van der Waals surface area contributed by atoms with Gasteiger partial charge in [-0.05, 0) is 43.7 Å². The number of anilines is 1. The van der Waals surface area contributed by atoms with Crippen molar-refractivity contribution in [3.8, 4) is 0 Å². The van der Waals surface area contributed by atoms with Gasteiger partial charge >= 0.3 is 0 Å². The van der Waals surface area contributed by atoms with Gasteiger partial charge in [0.05, 0.1) is 25.1 Å². The van der Waals surface area contributed by atoms with Crippen LogP contribution in [0.3, 0.4) is 0 Å². The number of benzene rings is 1. The number of likely N-dealkylation sites (tertiary alicyclic amines) is 2. The van der Waals surface area contributed by atoms with Gasteiger partial charge in [-0.1, -0.05) is 37.3 Å². The zero-order chi connectivity index (χ0) is 26.3. The van der Waals surface area contributed by atoms with E-state index in [1.807, 2.05) is 35.2 Å². The highest BCUT2D eigenvalue weighted by atomic mass is 16.5. The Labute approximate surface area is 219 Å². The molecule has 0 unspecified atom stereocenters. The van der Waals surface area contributed by atoms with Crippen molar-refractivity contribution in [1.29, 1.82) is 0 Å². The number of aromatic nitrogens is 2. The van der Waals surface area contributed by atoms with Crippen molar-refractivity contribution in [2.45, 2.75) is 63.1 Å². The largest absolute Gasteiger partial charge is 0.388 e. The Morgan fingerprint density at radius 3 is 2.70 bits per heavy atom. The average Bonchev–Trinajstić information content (AvgIpc) is 3.33. The van der Waals surface area contributed by atoms with Gasteiger partial charge in [0.1, 0.15) is 5.82 Å². The van der Waals surface area contributed by atoms with Crippen LogP contribution in [-0.2, 0) is 16.1 Å². The molecule has 0 bridgehead atoms. The summed E-state index contributed by atoms with van der Waals surface area (Å²) in [5.74, 6) is 0.798. The van der Waals surface area contributed by atoms with Crippen molar-refractivity contribution in [2.24, 2.45) is 0 Å². The Hall–Kier alpha value is -2.75. The number of nitrogens with one attached hydrogen (secondary N) is 1. The fraction of sp³-hybridized carbons (Fsp3) is 0.607. The maximum absolute atomic E-state index is 12.8. The lowest BCUT2D eigenvalue weighted by Crippen LogP contribution is -2.49. The van der Waals surface area contributed by atoms with E-state index < -0.39 is 5.60 Å². The number of hydrogen-bond acceptors (Lipinski definition) is 7. The Balaban J connectivity index is 1.23. The van der Waals surface area contributed by atoms with E-state index in [2.05, 4.69) is 22.1 Å². The molecule has 4 rings (SSSR count). The van der Waals surface area contributed by atoms with Crippen LogP contribution in [0.15, 0.2) is 47.5 Å². The molecule has 2 fully saturated rings. The summed E-state index contributed by atoms with van der Waals surface area (Å²) in [4.78, 5) is 34.2. The van der Waals surface area contributed by atoms with E-state index in [1.54, 1.807) is 7.11 Å². The minimum atomic E-state index is -1.03. The molecular weight excluding hydrogens is 470 g/mol. The van der Waals surface area contributed by atoms with Crippen molar-refractivity contribution in [3.63, 3.8) is 0 Å². The number of methoxy groups -OCH3 is 1. The van der Waals surface area contributed by atoms with Crippen LogP contribution in [-0.4, -0.2) is 88.4 Å². The molecule has 2 aliphatic heterocycles. The predicted octanol–water partition coefficient (Wildman–Crippen LogP) is 2.31. The van der Waals surface area contributed by atoms with Gasteiger partial charge in [-0.25, -0.2) is 4.98 Å². The Bertz CT molecular complexity index is 1070. The van der Waals surface area contributed by atoms with Gasteiger partial charge in [0.25, 0.3) is 5.56 Å². The second-order valence-corrected chi connectivity index (χ2v) is 10.6. The molecule has 0 saturated carbocycles. The van der Waals surface area contributed by atoms with Crippen LogP contribution >= 0.6 is 0 Å². The van der Waals surface area contributed by atoms with Crippen LogP contribution in [0.4, 0.5) is 5.82 Å². The lowest BCUT2D eigenvalue weighted by atomic mass is 9.90. The summed E-state index contributed by atoms with van der Waals surface area (Å²) >= 11 is 0. The summed E-state index contributed by atoms with van der Waals surface area (Å²) in [7, 11) is 1.74. The third kappa shape index (κ3) is 7.40. The first kappa shape index (κ1) is 27.3. The van der Waals surface area contributed by atoms with Crippen molar-refractivity contribution in [1.82, 2.24) is 19.4 Å². The van der Waals surface area contributed by atoms with Gasteiger partial charge in [0.2, 0.25) is 5.91 Å². The molecular formula is C28H41N5O4. The van der Waals surface area contributed by atoms with Gasteiger partial charge < -0.3 is 20.1 Å². The zero-order valence-corrected chi connectivity index (χ0v) is 22.1. The molecule has 2 atom stereocenters. The first-order chi connectivity index (χ1) is 17.9. The summed E-state index contributed by atoms with van der Waals surface area (Å²) in [5, 5.41) is 14.4. The fourth-order valence-corrected chi connectivity index (χ4v) is 5.48. The van der Waals surface area contributed by atoms with E-state index >= 15 is 0 Å². The van der Waals surface area contributed by atoms with Crippen molar-refractivity contribution < 1.29 is 14.6 Å². The van der Waals surface area contributed by atoms with Gasteiger partial charge in [0.15, 0.2) is 0 Å². The standard InChI is InChI=1S/C28H41N5O4/c1-22(23-7-4-3-5-8-23)17-26(34)32-14-10-28(36,11-15-32)20-33-21-30-25(18-27(33)35)29-12-16-31-13-6-9-24(31)19-37-2/h3-5,7-8,18,21-22,24,29,36H,6,9-17,19-20H2,1-2H3/t22-,24-/m1/s1. The molecule has 2 aliphatic rings. The summed E-state index contributed by atoms with van der Waals surface area (Å²) in [5.41, 5.74) is -0.0750. The summed E-state index contributed by atoms with van der Waals surface area (Å²) < 4.78 is 6.78. The van der Waals surface area contributed by atoms with Crippen molar-refractivity contribution >= 4 is 11.7 Å². The lowest BCUT2D eigenvalue weighted by molar-refractivity contribution is -0.136. The Morgan fingerprint density at radius 1 is 1.24 bits per heavy atom. The monoisotopic (exact) mass is 511 g/mol. The maximum atomic E-state index is 12.8. The van der Waals surface area contributed by atoms with E-state index in [0.29, 0.717) is 50.8 Å². The number of ether oxygens (including phenoxy) is 1. The van der Waals surface area contributed by atoms with Crippen LogP contribution in [0.2, 0.25) is 0 Å². The second kappa shape index (κ2) is 12.7. The van der Waals surface area contributed by atoms with E-state index in [0.717, 1.165) is 31.7 Å². The van der Waals surface area contributed by atoms with Crippen LogP contribution in [0.5, 0.6) is 0 Å². The Morgan fingerprint density at radius 2 is 2.00 bits per heavy atom. The Kier molecular flexibility index (Phi) is 9.34. The summed E-state index contributed by atoms with van der Waals surface area (Å²) in [6, 6.07) is 12.0. The number of aliphatic hydroxyl groups is 1. The third-order valence-corrected chi connectivity index (χ3v) is 7.80. The molecule has 2 N–H and O–H groups in total. The van der Waals surface area contributed by atoms with Gasteiger partial charge in [-0.3, -0.25) is 19.1 Å². The highest BCUT2D eigenvalue weighted by molar-refractivity contribution is 5.77. The molecule has 9 nitrogen and oxygen atoms in total. The molecule has 3 heterocycles. The van der Waals surface area contributed by atoms with E-state index in [-0.39, 0.29) is 23.9 Å². The minimum Gasteiger partial charge on any atom is -0.388 e. The number of rotatable bonds is 11. The number of hydrogen-bond donors (Lipinski definition) is 2. The number of amides is 1. The lowest BCUT2D eigenvalue weighted by Gasteiger charge is -2.38. The smallest absolute Gasteiger partial charge is 0.255 e.